The first-order valence-electron chi connectivity index (χ1n) is 6.74. The summed E-state index contributed by atoms with van der Waals surface area (Å²) in [6.45, 7) is 0. The van der Waals surface area contributed by atoms with Gasteiger partial charge in [-0.15, -0.1) is 0 Å². The Morgan fingerprint density at radius 2 is 1.59 bits per heavy atom. The summed E-state index contributed by atoms with van der Waals surface area (Å²) in [5.41, 5.74) is 2.89. The lowest BCUT2D eigenvalue weighted by Crippen LogP contribution is -2.24. The van der Waals surface area contributed by atoms with Gasteiger partial charge in [0, 0.05) is 18.0 Å². The van der Waals surface area contributed by atoms with Crippen molar-refractivity contribution in [2.45, 2.75) is 0 Å². The van der Waals surface area contributed by atoms with E-state index in [-0.39, 0.29) is 0 Å². The van der Waals surface area contributed by atoms with Crippen LogP contribution >= 0.6 is 12.2 Å². The van der Waals surface area contributed by atoms with E-state index in [2.05, 4.69) is 16.4 Å². The molecule has 2 aromatic rings. The lowest BCUT2D eigenvalue weighted by Gasteiger charge is -2.14. The van der Waals surface area contributed by atoms with E-state index in [1.54, 1.807) is 7.05 Å². The van der Waals surface area contributed by atoms with Gasteiger partial charge in [0.1, 0.15) is 11.9 Å². The molecule has 0 atom stereocenters. The minimum absolute atomic E-state index is 0.401. The molecule has 0 aliphatic heterocycles. The lowest BCUT2D eigenvalue weighted by atomic mass is 10.1. The summed E-state index contributed by atoms with van der Waals surface area (Å²) in [6, 6.07) is 21.5. The summed E-state index contributed by atoms with van der Waals surface area (Å²) >= 11 is 4.97. The molecule has 0 heterocycles. The van der Waals surface area contributed by atoms with Crippen LogP contribution in [0, 0.1) is 11.3 Å². The van der Waals surface area contributed by atoms with E-state index < -0.39 is 0 Å². The molecule has 2 aromatic carbocycles. The molecular formula is C18H15N3S. The number of amidine groups is 1. The zero-order chi connectivity index (χ0) is 15.8. The van der Waals surface area contributed by atoms with Crippen molar-refractivity contribution in [3.63, 3.8) is 0 Å². The molecule has 0 aromatic heterocycles. The molecule has 2 rings (SSSR count). The van der Waals surface area contributed by atoms with E-state index in [0.29, 0.717) is 17.1 Å². The second kappa shape index (κ2) is 7.87. The summed E-state index contributed by atoms with van der Waals surface area (Å²) in [5, 5.41) is 14.0. The summed E-state index contributed by atoms with van der Waals surface area (Å²) in [4.78, 5) is 4.29. The summed E-state index contributed by atoms with van der Waals surface area (Å²) in [5.74, 6) is 0.684. The molecule has 0 fully saturated rings. The van der Waals surface area contributed by atoms with Crippen LogP contribution in [0.1, 0.15) is 11.1 Å². The van der Waals surface area contributed by atoms with Gasteiger partial charge in [0.2, 0.25) is 0 Å². The highest BCUT2D eigenvalue weighted by atomic mass is 32.1. The van der Waals surface area contributed by atoms with Crippen molar-refractivity contribution < 1.29 is 0 Å². The zero-order valence-electron chi connectivity index (χ0n) is 12.2. The number of benzene rings is 2. The monoisotopic (exact) mass is 305 g/mol. The van der Waals surface area contributed by atoms with Crippen LogP contribution < -0.4 is 5.32 Å². The number of allylic oxidation sites excluding steroid dienone is 1. The van der Waals surface area contributed by atoms with Crippen molar-refractivity contribution in [3.8, 4) is 6.07 Å². The molecule has 0 aliphatic rings. The van der Waals surface area contributed by atoms with Gasteiger partial charge in [-0.05, 0) is 5.56 Å². The van der Waals surface area contributed by atoms with E-state index in [0.717, 1.165) is 11.1 Å². The molecule has 3 nitrogen and oxygen atoms in total. The quantitative estimate of drug-likeness (QED) is 0.309. The van der Waals surface area contributed by atoms with Gasteiger partial charge in [0.05, 0.1) is 11.3 Å². The first-order chi connectivity index (χ1) is 10.8. The average Bonchev–Trinajstić information content (AvgIpc) is 2.60. The van der Waals surface area contributed by atoms with E-state index in [1.807, 2.05) is 60.7 Å². The second-order valence-electron chi connectivity index (χ2n) is 4.45. The predicted molar refractivity (Wildman–Crippen MR) is 94.7 cm³/mol. The van der Waals surface area contributed by atoms with Gasteiger partial charge in [0.25, 0.3) is 0 Å². The van der Waals surface area contributed by atoms with E-state index in [1.165, 1.54) is 5.37 Å². The number of hydrogen-bond donors (Lipinski definition) is 1. The maximum atomic E-state index is 9.33. The van der Waals surface area contributed by atoms with Crippen LogP contribution in [0.2, 0.25) is 0 Å². The average molecular weight is 305 g/mol. The highest BCUT2D eigenvalue weighted by molar-refractivity contribution is 7.79. The lowest BCUT2D eigenvalue weighted by molar-refractivity contribution is 1.23. The van der Waals surface area contributed by atoms with Crippen LogP contribution in [0.4, 0.5) is 0 Å². The van der Waals surface area contributed by atoms with Crippen molar-refractivity contribution >= 4 is 29.1 Å². The number of thiocarbonyl (C=S) groups is 1. The third kappa shape index (κ3) is 3.66. The molecule has 22 heavy (non-hydrogen) atoms. The van der Waals surface area contributed by atoms with Gasteiger partial charge in [-0.1, -0.05) is 72.9 Å². The van der Waals surface area contributed by atoms with Gasteiger partial charge in [-0.2, -0.15) is 5.26 Å². The number of nitrogens with one attached hydrogen (secondary N) is 1. The fraction of sp³-hybridized carbons (Fsp3) is 0.0556. The van der Waals surface area contributed by atoms with Crippen molar-refractivity contribution in [2.75, 3.05) is 7.05 Å². The molecular weight excluding hydrogens is 290 g/mol. The van der Waals surface area contributed by atoms with Crippen LogP contribution in [0.15, 0.2) is 71.2 Å². The number of rotatable bonds is 4. The molecule has 0 bridgehead atoms. The standard InChI is InChI=1S/C18H15N3S/c1-20-18(15-10-6-3-7-11-15)21-17(16(12-19)13-22)14-8-4-2-5-9-14/h2-11,13H,1H3,(H,20,21)/b17-16-. The Hall–Kier alpha value is -2.77. The van der Waals surface area contributed by atoms with Crippen molar-refractivity contribution in [1.82, 2.24) is 5.32 Å². The van der Waals surface area contributed by atoms with Crippen LogP contribution in [-0.2, 0) is 0 Å². The highest BCUT2D eigenvalue weighted by Crippen LogP contribution is 2.16. The maximum absolute atomic E-state index is 9.33. The number of nitriles is 1. The molecule has 0 spiro atoms. The van der Waals surface area contributed by atoms with Crippen molar-refractivity contribution in [2.24, 2.45) is 4.99 Å². The van der Waals surface area contributed by atoms with E-state index in [4.69, 9.17) is 12.2 Å². The normalized spacial score (nSPS) is 12.1. The molecule has 0 unspecified atom stereocenters. The van der Waals surface area contributed by atoms with E-state index in [9.17, 15) is 5.26 Å². The first kappa shape index (κ1) is 15.6. The van der Waals surface area contributed by atoms with Crippen molar-refractivity contribution in [3.05, 3.63) is 77.4 Å². The second-order valence-corrected chi connectivity index (χ2v) is 4.68. The van der Waals surface area contributed by atoms with Gasteiger partial charge >= 0.3 is 0 Å². The largest absolute Gasteiger partial charge is 0.338 e. The molecule has 108 valence electrons. The van der Waals surface area contributed by atoms with Crippen LogP contribution in [0.3, 0.4) is 0 Å². The first-order valence-corrected chi connectivity index (χ1v) is 7.21. The molecule has 1 N–H and O–H groups in total. The minimum Gasteiger partial charge on any atom is -0.338 e. The Kier molecular flexibility index (Phi) is 5.58. The van der Waals surface area contributed by atoms with Gasteiger partial charge in [0.15, 0.2) is 0 Å². The minimum atomic E-state index is 0.401. The Labute approximate surface area is 135 Å². The maximum Gasteiger partial charge on any atom is 0.132 e. The van der Waals surface area contributed by atoms with Gasteiger partial charge in [-0.3, -0.25) is 4.99 Å². The van der Waals surface area contributed by atoms with Gasteiger partial charge < -0.3 is 5.32 Å². The summed E-state index contributed by atoms with van der Waals surface area (Å²) < 4.78 is 0. The molecule has 0 saturated heterocycles. The fourth-order valence-corrected chi connectivity index (χ4v) is 2.18. The fourth-order valence-electron chi connectivity index (χ4n) is 2.01. The van der Waals surface area contributed by atoms with Crippen LogP contribution in [0.25, 0.3) is 5.70 Å². The van der Waals surface area contributed by atoms with Crippen LogP contribution in [0.5, 0.6) is 0 Å². The molecule has 4 heteroatoms. The topological polar surface area (TPSA) is 48.2 Å². The molecule has 0 amide bonds. The molecule has 0 saturated carbocycles. The highest BCUT2D eigenvalue weighted by Gasteiger charge is 2.11. The van der Waals surface area contributed by atoms with E-state index >= 15 is 0 Å². The molecule has 0 aliphatic carbocycles. The van der Waals surface area contributed by atoms with Crippen molar-refractivity contribution in [1.29, 1.82) is 5.26 Å². The smallest absolute Gasteiger partial charge is 0.132 e. The Bertz CT molecular complexity index is 741. The zero-order valence-corrected chi connectivity index (χ0v) is 13.0. The third-order valence-electron chi connectivity index (χ3n) is 3.08. The Morgan fingerprint density at radius 3 is 2.05 bits per heavy atom. The number of hydrogen-bond acceptors (Lipinski definition) is 3. The number of aliphatic imine (C=N–C) groups is 1. The predicted octanol–water partition coefficient (Wildman–Crippen LogP) is 3.59. The summed E-state index contributed by atoms with van der Waals surface area (Å²) in [6.07, 6.45) is 0. The third-order valence-corrected chi connectivity index (χ3v) is 3.32. The molecule has 0 radical (unpaired) electrons. The number of nitrogens with zero attached hydrogens (tertiary/aromatic N) is 2. The SMILES string of the molecule is CN=C(N/C(=C(/C#N)C=S)c1ccccc1)c1ccccc1. The van der Waals surface area contributed by atoms with Gasteiger partial charge in [-0.25, -0.2) is 0 Å². The summed E-state index contributed by atoms with van der Waals surface area (Å²) in [7, 11) is 1.71. The Balaban J connectivity index is 2.47. The van der Waals surface area contributed by atoms with Crippen LogP contribution in [-0.4, -0.2) is 18.3 Å². The Morgan fingerprint density at radius 1 is 1.05 bits per heavy atom.